The van der Waals surface area contributed by atoms with E-state index in [2.05, 4.69) is 6.58 Å². The molecule has 0 amide bonds. The van der Waals surface area contributed by atoms with Crippen molar-refractivity contribution in [2.45, 2.75) is 6.54 Å². The molecule has 0 spiro atoms. The molecule has 0 radical (unpaired) electrons. The first kappa shape index (κ1) is 11.0. The van der Waals surface area contributed by atoms with Crippen LogP contribution in [-0.2, 0) is 6.54 Å². The second-order valence-electron chi connectivity index (χ2n) is 2.81. The molecule has 0 atom stereocenters. The molecule has 1 aromatic carbocycles. The van der Waals surface area contributed by atoms with E-state index in [1.165, 1.54) is 12.1 Å². The predicted octanol–water partition coefficient (Wildman–Crippen LogP) is 2.42. The molecule has 2 N–H and O–H groups in total. The number of nitrogens with two attached hydrogens (primary N) is 1. The van der Waals surface area contributed by atoms with Gasteiger partial charge in [-0.2, -0.15) is 0 Å². The van der Waals surface area contributed by atoms with Crippen LogP contribution in [0.3, 0.4) is 0 Å². The Balaban J connectivity index is 2.76. The van der Waals surface area contributed by atoms with Crippen molar-refractivity contribution in [3.63, 3.8) is 0 Å². The van der Waals surface area contributed by atoms with Crippen LogP contribution < -0.4 is 10.5 Å². The van der Waals surface area contributed by atoms with Crippen molar-refractivity contribution in [2.24, 2.45) is 5.73 Å². The molecule has 0 aliphatic rings. The fourth-order valence-corrected chi connectivity index (χ4v) is 1.04. The molecule has 0 aliphatic carbocycles. The number of hydrogen-bond donors (Lipinski definition) is 1. The van der Waals surface area contributed by atoms with Crippen molar-refractivity contribution in [3.8, 4) is 5.75 Å². The van der Waals surface area contributed by atoms with Gasteiger partial charge in [0.05, 0.1) is 0 Å². The van der Waals surface area contributed by atoms with Crippen LogP contribution in [0.25, 0.3) is 0 Å². The van der Waals surface area contributed by atoms with Gasteiger partial charge >= 0.3 is 0 Å². The molecule has 2 nitrogen and oxygen atoms in total. The lowest BCUT2D eigenvalue weighted by Crippen LogP contribution is -2.00. The standard InChI is InChI=1S/C10H11ClFNO/c1-7(11)6-14-10-3-8(5-13)2-9(12)4-10/h2-4H,1,5-6,13H2. The van der Waals surface area contributed by atoms with Crippen LogP contribution in [0.4, 0.5) is 4.39 Å². The third kappa shape index (κ3) is 3.36. The van der Waals surface area contributed by atoms with Gasteiger partial charge < -0.3 is 10.5 Å². The van der Waals surface area contributed by atoms with Gasteiger partial charge in [-0.15, -0.1) is 0 Å². The van der Waals surface area contributed by atoms with Gasteiger partial charge in [0, 0.05) is 17.6 Å². The Kier molecular flexibility index (Phi) is 3.92. The molecule has 1 aromatic rings. The highest BCUT2D eigenvalue weighted by Crippen LogP contribution is 2.17. The zero-order chi connectivity index (χ0) is 10.6. The fourth-order valence-electron chi connectivity index (χ4n) is 0.984. The topological polar surface area (TPSA) is 35.2 Å². The third-order valence-corrected chi connectivity index (χ3v) is 1.67. The Morgan fingerprint density at radius 1 is 1.50 bits per heavy atom. The zero-order valence-corrected chi connectivity index (χ0v) is 8.35. The van der Waals surface area contributed by atoms with Crippen molar-refractivity contribution in [1.82, 2.24) is 0 Å². The van der Waals surface area contributed by atoms with Crippen LogP contribution in [0.5, 0.6) is 5.75 Å². The number of rotatable bonds is 4. The minimum Gasteiger partial charge on any atom is -0.488 e. The van der Waals surface area contributed by atoms with E-state index >= 15 is 0 Å². The summed E-state index contributed by atoms with van der Waals surface area (Å²) in [5.41, 5.74) is 6.06. The summed E-state index contributed by atoms with van der Waals surface area (Å²) in [6.45, 7) is 3.89. The molecule has 0 aliphatic heterocycles. The molecule has 0 saturated carbocycles. The summed E-state index contributed by atoms with van der Waals surface area (Å²) in [5, 5.41) is 0.364. The van der Waals surface area contributed by atoms with Gasteiger partial charge in [0.1, 0.15) is 18.2 Å². The lowest BCUT2D eigenvalue weighted by molar-refractivity contribution is 0.357. The van der Waals surface area contributed by atoms with Crippen LogP contribution in [0.1, 0.15) is 5.56 Å². The average molecular weight is 216 g/mol. The molecule has 76 valence electrons. The molecular weight excluding hydrogens is 205 g/mol. The maximum absolute atomic E-state index is 12.9. The molecule has 1 rings (SSSR count). The summed E-state index contributed by atoms with van der Waals surface area (Å²) >= 11 is 5.50. The van der Waals surface area contributed by atoms with E-state index in [1.54, 1.807) is 6.07 Å². The molecule has 0 bridgehead atoms. The highest BCUT2D eigenvalue weighted by Gasteiger charge is 2.00. The maximum Gasteiger partial charge on any atom is 0.127 e. The van der Waals surface area contributed by atoms with Crippen molar-refractivity contribution in [1.29, 1.82) is 0 Å². The lowest BCUT2D eigenvalue weighted by Gasteiger charge is -2.06. The Morgan fingerprint density at radius 3 is 2.79 bits per heavy atom. The first-order valence-electron chi connectivity index (χ1n) is 4.07. The van der Waals surface area contributed by atoms with Gasteiger partial charge in [-0.3, -0.25) is 0 Å². The molecule has 0 aromatic heterocycles. The van der Waals surface area contributed by atoms with E-state index in [1.807, 2.05) is 0 Å². The van der Waals surface area contributed by atoms with Crippen molar-refractivity contribution >= 4 is 11.6 Å². The SMILES string of the molecule is C=C(Cl)COc1cc(F)cc(CN)c1. The predicted molar refractivity (Wildman–Crippen MR) is 54.8 cm³/mol. The molecule has 14 heavy (non-hydrogen) atoms. The Bertz CT molecular complexity index is 341. The normalized spacial score (nSPS) is 9.93. The minimum atomic E-state index is -0.372. The molecule has 0 saturated heterocycles. The van der Waals surface area contributed by atoms with Crippen molar-refractivity contribution in [3.05, 3.63) is 41.2 Å². The number of hydrogen-bond acceptors (Lipinski definition) is 2. The Morgan fingerprint density at radius 2 is 2.21 bits per heavy atom. The van der Waals surface area contributed by atoms with Gasteiger partial charge in [-0.1, -0.05) is 18.2 Å². The van der Waals surface area contributed by atoms with Gasteiger partial charge in [0.15, 0.2) is 0 Å². The summed E-state index contributed by atoms with van der Waals surface area (Å²) < 4.78 is 18.1. The second-order valence-corrected chi connectivity index (χ2v) is 3.34. The van der Waals surface area contributed by atoms with E-state index in [-0.39, 0.29) is 19.0 Å². The van der Waals surface area contributed by atoms with Crippen molar-refractivity contribution in [2.75, 3.05) is 6.61 Å². The van der Waals surface area contributed by atoms with E-state index in [4.69, 9.17) is 22.1 Å². The number of ether oxygens (including phenoxy) is 1. The second kappa shape index (κ2) is 4.98. The Labute approximate surface area is 87.1 Å². The highest BCUT2D eigenvalue weighted by molar-refractivity contribution is 6.29. The van der Waals surface area contributed by atoms with E-state index in [9.17, 15) is 4.39 Å². The van der Waals surface area contributed by atoms with E-state index in [0.29, 0.717) is 16.3 Å². The Hall–Kier alpha value is -1.06. The van der Waals surface area contributed by atoms with Crippen LogP contribution in [0, 0.1) is 5.82 Å². The van der Waals surface area contributed by atoms with Crippen molar-refractivity contribution < 1.29 is 9.13 Å². The van der Waals surface area contributed by atoms with Gasteiger partial charge in [-0.25, -0.2) is 4.39 Å². The van der Waals surface area contributed by atoms with Crippen LogP contribution in [0.15, 0.2) is 29.8 Å². The summed E-state index contributed by atoms with van der Waals surface area (Å²) in [6.07, 6.45) is 0. The quantitative estimate of drug-likeness (QED) is 0.837. The van der Waals surface area contributed by atoms with Gasteiger partial charge in [0.2, 0.25) is 0 Å². The van der Waals surface area contributed by atoms with Crippen LogP contribution in [-0.4, -0.2) is 6.61 Å². The van der Waals surface area contributed by atoms with Gasteiger partial charge in [-0.05, 0) is 17.7 Å². The molecule has 0 heterocycles. The third-order valence-electron chi connectivity index (χ3n) is 1.56. The largest absolute Gasteiger partial charge is 0.488 e. The van der Waals surface area contributed by atoms with Gasteiger partial charge in [0.25, 0.3) is 0 Å². The molecular formula is C10H11ClFNO. The first-order valence-corrected chi connectivity index (χ1v) is 4.45. The van der Waals surface area contributed by atoms with Crippen LogP contribution in [0.2, 0.25) is 0 Å². The average Bonchev–Trinajstić information content (AvgIpc) is 2.14. The number of halogens is 2. The molecule has 0 unspecified atom stereocenters. The maximum atomic E-state index is 12.9. The monoisotopic (exact) mass is 215 g/mol. The fraction of sp³-hybridized carbons (Fsp3) is 0.200. The zero-order valence-electron chi connectivity index (χ0n) is 7.59. The summed E-state index contributed by atoms with van der Waals surface area (Å²) in [4.78, 5) is 0. The lowest BCUT2D eigenvalue weighted by atomic mass is 10.2. The van der Waals surface area contributed by atoms with E-state index in [0.717, 1.165) is 0 Å². The minimum absolute atomic E-state index is 0.162. The smallest absolute Gasteiger partial charge is 0.127 e. The highest BCUT2D eigenvalue weighted by atomic mass is 35.5. The summed E-state index contributed by atoms with van der Waals surface area (Å²) in [6, 6.07) is 4.31. The number of benzene rings is 1. The molecule has 0 fully saturated rings. The molecule has 4 heteroatoms. The first-order chi connectivity index (χ1) is 6.61. The summed E-state index contributed by atoms with van der Waals surface area (Å²) in [7, 11) is 0. The van der Waals surface area contributed by atoms with Crippen LogP contribution >= 0.6 is 11.6 Å². The summed E-state index contributed by atoms with van der Waals surface area (Å²) in [5.74, 6) is 0.0374. The van der Waals surface area contributed by atoms with E-state index < -0.39 is 0 Å².